The fourth-order valence-corrected chi connectivity index (χ4v) is 3.59. The number of carbonyl (C=O) groups is 1. The van der Waals surface area contributed by atoms with Gasteiger partial charge in [0, 0.05) is 12.6 Å². The number of allylic oxidation sites excluding steroid dienone is 3. The van der Waals surface area contributed by atoms with Gasteiger partial charge in [0.25, 0.3) is 5.91 Å². The van der Waals surface area contributed by atoms with E-state index in [2.05, 4.69) is 33.2 Å². The highest BCUT2D eigenvalue weighted by molar-refractivity contribution is 7.98. The zero-order valence-electron chi connectivity index (χ0n) is 16.1. The lowest BCUT2D eigenvalue weighted by atomic mass is 9.98. The molecule has 29 heavy (non-hydrogen) atoms. The van der Waals surface area contributed by atoms with Crippen molar-refractivity contribution in [2.24, 2.45) is 10.7 Å². The molecule has 7 nitrogen and oxygen atoms in total. The van der Waals surface area contributed by atoms with Gasteiger partial charge in [-0.1, -0.05) is 37.5 Å². The van der Waals surface area contributed by atoms with Crippen LogP contribution in [0.4, 0.5) is 5.69 Å². The Labute approximate surface area is 174 Å². The van der Waals surface area contributed by atoms with Crippen LogP contribution in [0.15, 0.2) is 81.9 Å². The van der Waals surface area contributed by atoms with Gasteiger partial charge >= 0.3 is 0 Å². The molecule has 0 saturated heterocycles. The molecule has 3 rings (SSSR count). The maximum absolute atomic E-state index is 12.7. The van der Waals surface area contributed by atoms with Crippen molar-refractivity contribution in [3.63, 3.8) is 0 Å². The summed E-state index contributed by atoms with van der Waals surface area (Å²) in [6.07, 6.45) is 8.23. The maximum atomic E-state index is 12.7. The van der Waals surface area contributed by atoms with Gasteiger partial charge < -0.3 is 20.2 Å². The Bertz CT molecular complexity index is 963. The highest BCUT2D eigenvalue weighted by Crippen LogP contribution is 2.33. The molecule has 0 bridgehead atoms. The summed E-state index contributed by atoms with van der Waals surface area (Å²) in [6, 6.07) is 5.70. The van der Waals surface area contributed by atoms with Gasteiger partial charge in [-0.2, -0.15) is 0 Å². The fraction of sp³-hybridized carbons (Fsp3) is 0.190. The third-order valence-electron chi connectivity index (χ3n) is 4.38. The molecule has 0 spiro atoms. The van der Waals surface area contributed by atoms with Crippen LogP contribution in [-0.4, -0.2) is 23.3 Å². The quantitative estimate of drug-likeness (QED) is 0.455. The highest BCUT2D eigenvalue weighted by Gasteiger charge is 2.23. The Kier molecular flexibility index (Phi) is 6.69. The maximum Gasteiger partial charge on any atom is 0.287 e. The molecule has 150 valence electrons. The molecule has 1 aliphatic heterocycles. The molecule has 2 atom stereocenters. The van der Waals surface area contributed by atoms with Crippen molar-refractivity contribution in [2.75, 3.05) is 6.54 Å². The molecule has 1 aromatic heterocycles. The monoisotopic (exact) mass is 409 g/mol. The third-order valence-corrected chi connectivity index (χ3v) is 5.22. The first kappa shape index (κ1) is 20.6. The Morgan fingerprint density at radius 1 is 1.45 bits per heavy atom. The summed E-state index contributed by atoms with van der Waals surface area (Å²) in [5.74, 6) is 0.107. The zero-order chi connectivity index (χ0) is 20.8. The van der Waals surface area contributed by atoms with Crippen molar-refractivity contribution in [3.05, 3.63) is 79.1 Å². The molecule has 2 unspecified atom stereocenters. The first-order chi connectivity index (χ1) is 14.0. The van der Waals surface area contributed by atoms with Gasteiger partial charge in [-0.15, -0.1) is 0 Å². The van der Waals surface area contributed by atoms with Crippen LogP contribution in [0.5, 0.6) is 0 Å². The molecular weight excluding hydrogens is 386 g/mol. The van der Waals surface area contributed by atoms with Crippen molar-refractivity contribution < 1.29 is 9.21 Å². The lowest BCUT2D eigenvalue weighted by molar-refractivity contribution is -0.115. The van der Waals surface area contributed by atoms with Gasteiger partial charge in [0.1, 0.15) is 6.26 Å². The van der Waals surface area contributed by atoms with E-state index < -0.39 is 0 Å². The molecule has 2 heterocycles. The molecule has 1 aliphatic rings. The number of amides is 1. The van der Waals surface area contributed by atoms with Crippen molar-refractivity contribution >= 4 is 29.4 Å². The van der Waals surface area contributed by atoms with E-state index in [1.807, 2.05) is 31.2 Å². The van der Waals surface area contributed by atoms with E-state index in [9.17, 15) is 4.79 Å². The third kappa shape index (κ3) is 4.85. The lowest BCUT2D eigenvalue weighted by Gasteiger charge is -2.19. The normalized spacial score (nSPS) is 15.4. The minimum absolute atomic E-state index is 0.0654. The van der Waals surface area contributed by atoms with Crippen molar-refractivity contribution in [2.45, 2.75) is 23.8 Å². The Morgan fingerprint density at radius 2 is 2.28 bits per heavy atom. The number of nitrogens with zero attached hydrogens (tertiary/aromatic N) is 2. The summed E-state index contributed by atoms with van der Waals surface area (Å²) in [5, 5.41) is 2.89. The molecule has 0 fully saturated rings. The average molecular weight is 410 g/mol. The van der Waals surface area contributed by atoms with Crippen molar-refractivity contribution in [1.29, 1.82) is 0 Å². The number of oxazole rings is 1. The SMILES string of the molecule is C=C/C=C(\C=C)C(CNC(=O)C1=Nc2ccc(C(C)N)cc2SN1)c1ncco1. The summed E-state index contributed by atoms with van der Waals surface area (Å²) >= 11 is 1.34. The molecule has 0 radical (unpaired) electrons. The van der Waals surface area contributed by atoms with Crippen LogP contribution in [0.1, 0.15) is 30.3 Å². The molecule has 0 saturated carbocycles. The Hall–Kier alpha value is -3.10. The number of fused-ring (bicyclic) bond motifs is 1. The molecular formula is C21H23N5O2S. The summed E-state index contributed by atoms with van der Waals surface area (Å²) < 4.78 is 8.43. The predicted molar refractivity (Wildman–Crippen MR) is 116 cm³/mol. The van der Waals surface area contributed by atoms with E-state index in [-0.39, 0.29) is 30.2 Å². The summed E-state index contributed by atoms with van der Waals surface area (Å²) in [6.45, 7) is 9.74. The van der Waals surface area contributed by atoms with Gasteiger partial charge in [0.2, 0.25) is 11.7 Å². The van der Waals surface area contributed by atoms with Crippen molar-refractivity contribution in [1.82, 2.24) is 15.0 Å². The van der Waals surface area contributed by atoms with Crippen LogP contribution < -0.4 is 15.8 Å². The summed E-state index contributed by atoms with van der Waals surface area (Å²) in [4.78, 5) is 22.2. The van der Waals surface area contributed by atoms with Gasteiger partial charge in [-0.05, 0) is 42.1 Å². The second-order valence-corrected chi connectivity index (χ2v) is 7.27. The molecule has 8 heteroatoms. The number of hydrogen-bond acceptors (Lipinski definition) is 7. The van der Waals surface area contributed by atoms with Gasteiger partial charge in [0.05, 0.1) is 22.7 Å². The van der Waals surface area contributed by atoms with E-state index in [4.69, 9.17) is 10.2 Å². The van der Waals surface area contributed by atoms with E-state index in [1.165, 1.54) is 18.2 Å². The average Bonchev–Trinajstić information content (AvgIpc) is 3.26. The molecule has 2 aromatic rings. The molecule has 1 amide bonds. The van der Waals surface area contributed by atoms with Crippen LogP contribution >= 0.6 is 11.9 Å². The number of benzene rings is 1. The van der Waals surface area contributed by atoms with E-state index in [0.717, 1.165) is 21.7 Å². The van der Waals surface area contributed by atoms with Gasteiger partial charge in [-0.3, -0.25) is 4.79 Å². The second-order valence-electron chi connectivity index (χ2n) is 6.42. The van der Waals surface area contributed by atoms with E-state index in [1.54, 1.807) is 18.3 Å². The van der Waals surface area contributed by atoms with Gasteiger partial charge in [-0.25, -0.2) is 9.98 Å². The number of amidine groups is 1. The minimum Gasteiger partial charge on any atom is -0.448 e. The van der Waals surface area contributed by atoms with Crippen LogP contribution in [0.3, 0.4) is 0 Å². The first-order valence-corrected chi connectivity index (χ1v) is 9.88. The largest absolute Gasteiger partial charge is 0.448 e. The standard InChI is InChI=1S/C21H23N5O2S/c1-4-6-14(5-2)16(21-23-9-10-28-21)12-24-20(27)19-25-17-8-7-15(13(3)22)11-18(17)29-26-19/h4-11,13,16H,1-2,12,22H2,3H3,(H,24,27)(H,25,26)/b14-6+. The van der Waals surface area contributed by atoms with E-state index in [0.29, 0.717) is 5.89 Å². The Balaban J connectivity index is 1.74. The lowest BCUT2D eigenvalue weighted by Crippen LogP contribution is -2.40. The van der Waals surface area contributed by atoms with Crippen LogP contribution in [0, 0.1) is 0 Å². The summed E-state index contributed by atoms with van der Waals surface area (Å²) in [5.41, 5.74) is 8.51. The number of hydrogen-bond donors (Lipinski definition) is 3. The number of aliphatic imine (C=N–C) groups is 1. The Morgan fingerprint density at radius 3 is 2.93 bits per heavy atom. The van der Waals surface area contributed by atoms with Crippen LogP contribution in [0.2, 0.25) is 0 Å². The fourth-order valence-electron chi connectivity index (χ4n) is 2.83. The zero-order valence-corrected chi connectivity index (χ0v) is 16.9. The van der Waals surface area contributed by atoms with Crippen LogP contribution in [0.25, 0.3) is 0 Å². The topological polar surface area (TPSA) is 106 Å². The minimum atomic E-state index is -0.321. The van der Waals surface area contributed by atoms with Crippen molar-refractivity contribution in [3.8, 4) is 0 Å². The van der Waals surface area contributed by atoms with E-state index >= 15 is 0 Å². The number of aromatic nitrogens is 1. The number of nitrogens with one attached hydrogen (secondary N) is 2. The van der Waals surface area contributed by atoms with Crippen LogP contribution in [-0.2, 0) is 4.79 Å². The number of carbonyl (C=O) groups excluding carboxylic acids is 1. The van der Waals surface area contributed by atoms with Gasteiger partial charge in [0.15, 0.2) is 0 Å². The first-order valence-electron chi connectivity index (χ1n) is 9.07. The molecule has 1 aromatic carbocycles. The molecule has 4 N–H and O–H groups in total. The number of nitrogens with two attached hydrogens (primary N) is 1. The number of rotatable bonds is 8. The second kappa shape index (κ2) is 9.40. The predicted octanol–water partition coefficient (Wildman–Crippen LogP) is 3.53. The summed E-state index contributed by atoms with van der Waals surface area (Å²) in [7, 11) is 0. The smallest absolute Gasteiger partial charge is 0.287 e. The molecule has 0 aliphatic carbocycles. The highest BCUT2D eigenvalue weighted by atomic mass is 32.2.